The third-order valence-corrected chi connectivity index (χ3v) is 1.86. The number of hydrogen-bond acceptors (Lipinski definition) is 4. The van der Waals surface area contributed by atoms with Crippen molar-refractivity contribution in [2.45, 2.75) is 0 Å². The summed E-state index contributed by atoms with van der Waals surface area (Å²) < 4.78 is 0. The number of imide groups is 1. The Morgan fingerprint density at radius 1 is 1.26 bits per heavy atom. The van der Waals surface area contributed by atoms with Crippen LogP contribution in [0.5, 0.6) is 0 Å². The molecule has 0 heterocycles. The van der Waals surface area contributed by atoms with Gasteiger partial charge >= 0.3 is 12.0 Å². The van der Waals surface area contributed by atoms with E-state index in [1.807, 2.05) is 11.4 Å². The Balaban J connectivity index is 2.58. The molecule has 1 aromatic rings. The van der Waals surface area contributed by atoms with Crippen LogP contribution in [-0.4, -0.2) is 23.0 Å². The minimum absolute atomic E-state index is 0.339. The van der Waals surface area contributed by atoms with Crippen LogP contribution < -0.4 is 10.6 Å². The van der Waals surface area contributed by atoms with Gasteiger partial charge in [-0.15, -0.1) is 0 Å². The third-order valence-electron chi connectivity index (χ3n) is 1.86. The van der Waals surface area contributed by atoms with Gasteiger partial charge in [0.25, 0.3) is 5.91 Å². The molecule has 1 aromatic carbocycles. The van der Waals surface area contributed by atoms with Crippen molar-refractivity contribution in [2.24, 2.45) is 0 Å². The number of aliphatic carboxylic acids is 1. The van der Waals surface area contributed by atoms with E-state index in [4.69, 9.17) is 10.4 Å². The average molecular weight is 259 g/mol. The van der Waals surface area contributed by atoms with Crippen molar-refractivity contribution >= 4 is 23.6 Å². The van der Waals surface area contributed by atoms with Gasteiger partial charge in [0, 0.05) is 17.8 Å². The molecule has 0 aliphatic carbocycles. The molecule has 0 atom stereocenters. The average Bonchev–Trinajstić information content (AvgIpc) is 2.36. The van der Waals surface area contributed by atoms with Gasteiger partial charge in [0.05, 0.1) is 11.6 Å². The first kappa shape index (κ1) is 13.9. The molecule has 0 fully saturated rings. The lowest BCUT2D eigenvalue weighted by Crippen LogP contribution is -2.33. The van der Waals surface area contributed by atoms with Gasteiger partial charge in [-0.05, 0) is 18.2 Å². The summed E-state index contributed by atoms with van der Waals surface area (Å²) in [4.78, 5) is 32.6. The van der Waals surface area contributed by atoms with Gasteiger partial charge in [0.15, 0.2) is 0 Å². The SMILES string of the molecule is N#Cc1cccc(NC(=O)NC(=O)/C=C/C(=O)O)c1. The molecule has 19 heavy (non-hydrogen) atoms. The first-order chi connectivity index (χ1) is 9.01. The number of urea groups is 1. The van der Waals surface area contributed by atoms with Crippen LogP contribution in [0, 0.1) is 11.3 Å². The van der Waals surface area contributed by atoms with Gasteiger partial charge in [0.1, 0.15) is 0 Å². The molecule has 0 aromatic heterocycles. The first-order valence-electron chi connectivity index (χ1n) is 5.04. The fourth-order valence-electron chi connectivity index (χ4n) is 1.13. The maximum Gasteiger partial charge on any atom is 0.328 e. The number of benzene rings is 1. The van der Waals surface area contributed by atoms with E-state index >= 15 is 0 Å². The molecular weight excluding hydrogens is 250 g/mol. The normalized spacial score (nSPS) is 9.63. The fraction of sp³-hybridized carbons (Fsp3) is 0. The number of amides is 3. The summed E-state index contributed by atoms with van der Waals surface area (Å²) in [5.74, 6) is -2.16. The van der Waals surface area contributed by atoms with Crippen LogP contribution in [0.2, 0.25) is 0 Å². The highest BCUT2D eigenvalue weighted by Gasteiger charge is 2.05. The molecule has 0 bridgehead atoms. The minimum atomic E-state index is -1.29. The summed E-state index contributed by atoms with van der Waals surface area (Å²) in [6, 6.07) is 7.17. The number of carbonyl (C=O) groups is 3. The van der Waals surface area contributed by atoms with E-state index in [1.54, 1.807) is 12.1 Å². The Kier molecular flexibility index (Phi) is 4.81. The zero-order valence-electron chi connectivity index (χ0n) is 9.58. The molecule has 0 aliphatic heterocycles. The van der Waals surface area contributed by atoms with Crippen LogP contribution >= 0.6 is 0 Å². The van der Waals surface area contributed by atoms with E-state index in [-0.39, 0.29) is 0 Å². The molecule has 1 rings (SSSR count). The molecule has 0 unspecified atom stereocenters. The van der Waals surface area contributed by atoms with Crippen molar-refractivity contribution in [1.29, 1.82) is 5.26 Å². The van der Waals surface area contributed by atoms with E-state index in [9.17, 15) is 14.4 Å². The summed E-state index contributed by atoms with van der Waals surface area (Å²) in [5, 5.41) is 21.2. The van der Waals surface area contributed by atoms with E-state index < -0.39 is 17.9 Å². The number of rotatable bonds is 3. The number of nitrogens with one attached hydrogen (secondary N) is 2. The van der Waals surface area contributed by atoms with E-state index in [2.05, 4.69) is 5.32 Å². The van der Waals surface area contributed by atoms with Crippen LogP contribution in [-0.2, 0) is 9.59 Å². The summed E-state index contributed by atoms with van der Waals surface area (Å²) in [5.41, 5.74) is 0.696. The van der Waals surface area contributed by atoms with Gasteiger partial charge < -0.3 is 10.4 Å². The monoisotopic (exact) mass is 259 g/mol. The van der Waals surface area contributed by atoms with Gasteiger partial charge in [-0.2, -0.15) is 5.26 Å². The molecule has 0 aliphatic rings. The molecule has 3 N–H and O–H groups in total. The molecule has 3 amide bonds. The third kappa shape index (κ3) is 5.14. The van der Waals surface area contributed by atoms with E-state index in [0.717, 1.165) is 0 Å². The molecule has 0 radical (unpaired) electrons. The standard InChI is InChI=1S/C12H9N3O4/c13-7-8-2-1-3-9(6-8)14-12(19)15-10(16)4-5-11(17)18/h1-6H,(H,17,18)(H2,14,15,16,19)/b5-4+. The predicted octanol–water partition coefficient (Wildman–Crippen LogP) is 0.847. The number of hydrogen-bond donors (Lipinski definition) is 3. The Labute approximate surface area is 108 Å². The van der Waals surface area contributed by atoms with Crippen LogP contribution in [0.4, 0.5) is 10.5 Å². The molecule has 0 saturated carbocycles. The summed E-state index contributed by atoms with van der Waals surface area (Å²) in [6.07, 6.45) is 1.33. The minimum Gasteiger partial charge on any atom is -0.478 e. The first-order valence-corrected chi connectivity index (χ1v) is 5.04. The second-order valence-corrected chi connectivity index (χ2v) is 3.31. The zero-order valence-corrected chi connectivity index (χ0v) is 9.58. The number of carboxylic acid groups (broad SMARTS) is 1. The van der Waals surface area contributed by atoms with Gasteiger partial charge in [-0.3, -0.25) is 10.1 Å². The van der Waals surface area contributed by atoms with Crippen LogP contribution in [0.15, 0.2) is 36.4 Å². The molecule has 0 saturated heterocycles. The van der Waals surface area contributed by atoms with Crippen molar-refractivity contribution in [1.82, 2.24) is 5.32 Å². The van der Waals surface area contributed by atoms with Crippen molar-refractivity contribution in [3.8, 4) is 6.07 Å². The van der Waals surface area contributed by atoms with E-state index in [1.165, 1.54) is 12.1 Å². The van der Waals surface area contributed by atoms with Crippen molar-refractivity contribution in [3.05, 3.63) is 42.0 Å². The fourth-order valence-corrected chi connectivity index (χ4v) is 1.13. The molecular formula is C12H9N3O4. The maximum absolute atomic E-state index is 11.4. The lowest BCUT2D eigenvalue weighted by molar-refractivity contribution is -0.131. The predicted molar refractivity (Wildman–Crippen MR) is 65.1 cm³/mol. The number of carboxylic acids is 1. The quantitative estimate of drug-likeness (QED) is 0.695. The van der Waals surface area contributed by atoms with Crippen molar-refractivity contribution in [2.75, 3.05) is 5.32 Å². The Hall–Kier alpha value is -3.14. The topological polar surface area (TPSA) is 119 Å². The second-order valence-electron chi connectivity index (χ2n) is 3.31. The Bertz CT molecular complexity index is 587. The Morgan fingerprint density at radius 3 is 2.63 bits per heavy atom. The van der Waals surface area contributed by atoms with Gasteiger partial charge in [0.2, 0.25) is 0 Å². The van der Waals surface area contributed by atoms with Crippen LogP contribution in [0.25, 0.3) is 0 Å². The smallest absolute Gasteiger partial charge is 0.328 e. The lowest BCUT2D eigenvalue weighted by atomic mass is 10.2. The highest BCUT2D eigenvalue weighted by molar-refractivity contribution is 6.06. The molecule has 7 nitrogen and oxygen atoms in total. The van der Waals surface area contributed by atoms with Gasteiger partial charge in [-0.1, -0.05) is 6.07 Å². The number of nitriles is 1. The highest BCUT2D eigenvalue weighted by atomic mass is 16.4. The van der Waals surface area contributed by atoms with Crippen molar-refractivity contribution in [3.63, 3.8) is 0 Å². The highest BCUT2D eigenvalue weighted by Crippen LogP contribution is 2.09. The number of nitrogens with zero attached hydrogens (tertiary/aromatic N) is 1. The zero-order chi connectivity index (χ0) is 14.3. The summed E-state index contributed by atoms with van der Waals surface area (Å²) >= 11 is 0. The van der Waals surface area contributed by atoms with Crippen LogP contribution in [0.3, 0.4) is 0 Å². The number of anilines is 1. The largest absolute Gasteiger partial charge is 0.478 e. The molecule has 96 valence electrons. The lowest BCUT2D eigenvalue weighted by Gasteiger charge is -2.04. The molecule has 0 spiro atoms. The summed E-state index contributed by atoms with van der Waals surface area (Å²) in [7, 11) is 0. The molecule has 7 heteroatoms. The Morgan fingerprint density at radius 2 is 2.00 bits per heavy atom. The maximum atomic E-state index is 11.4. The second kappa shape index (κ2) is 6.56. The van der Waals surface area contributed by atoms with Crippen molar-refractivity contribution < 1.29 is 19.5 Å². The number of carbonyl (C=O) groups excluding carboxylic acids is 2. The van der Waals surface area contributed by atoms with Gasteiger partial charge in [-0.25, -0.2) is 9.59 Å². The van der Waals surface area contributed by atoms with E-state index in [0.29, 0.717) is 23.4 Å². The van der Waals surface area contributed by atoms with Crippen LogP contribution in [0.1, 0.15) is 5.56 Å². The summed E-state index contributed by atoms with van der Waals surface area (Å²) in [6.45, 7) is 0.